The van der Waals surface area contributed by atoms with E-state index in [1.165, 1.54) is 0 Å². The maximum atomic E-state index is 12.4. The van der Waals surface area contributed by atoms with Crippen molar-refractivity contribution in [3.05, 3.63) is 59.3 Å². The Labute approximate surface area is 225 Å². The molecule has 0 unspecified atom stereocenters. The summed E-state index contributed by atoms with van der Waals surface area (Å²) >= 11 is 0. The lowest BCUT2D eigenvalue weighted by atomic mass is 9.88. The van der Waals surface area contributed by atoms with E-state index < -0.39 is 15.9 Å². The quantitative estimate of drug-likeness (QED) is 0.307. The number of aromatic amines is 1. The van der Waals surface area contributed by atoms with Gasteiger partial charge in [0.15, 0.2) is 0 Å². The number of nitrogens with one attached hydrogen (secondary N) is 2. The first-order valence-electron chi connectivity index (χ1n) is 13.5. The molecule has 1 aliphatic rings. The molecule has 1 aliphatic heterocycles. The SMILES string of the molecule is CCCCCC(=O)NCc1cccc(-c2cc(C(N)=O)c3[nH]cc(C4CCN(S(=O)(=O)CC)CC4)c3c2)c1. The second kappa shape index (κ2) is 12.1. The average molecular weight is 539 g/mol. The largest absolute Gasteiger partial charge is 0.366 e. The van der Waals surface area contributed by atoms with Crippen LogP contribution in [0.1, 0.15) is 79.8 Å². The number of benzene rings is 2. The molecule has 2 amide bonds. The lowest BCUT2D eigenvalue weighted by molar-refractivity contribution is -0.121. The van der Waals surface area contributed by atoms with Crippen molar-refractivity contribution in [1.82, 2.24) is 14.6 Å². The van der Waals surface area contributed by atoms with Crippen molar-refractivity contribution in [3.63, 3.8) is 0 Å². The molecule has 1 fully saturated rings. The number of carbonyl (C=O) groups excluding carboxylic acids is 2. The first-order chi connectivity index (χ1) is 18.2. The van der Waals surface area contributed by atoms with Gasteiger partial charge in [-0.15, -0.1) is 0 Å². The summed E-state index contributed by atoms with van der Waals surface area (Å²) in [6.07, 6.45) is 6.92. The number of nitrogens with two attached hydrogens (primary N) is 1. The number of H-pyrrole nitrogens is 1. The summed E-state index contributed by atoms with van der Waals surface area (Å²) in [5.41, 5.74) is 10.8. The highest BCUT2D eigenvalue weighted by Gasteiger charge is 2.29. The van der Waals surface area contributed by atoms with Gasteiger partial charge in [-0.2, -0.15) is 0 Å². The summed E-state index contributed by atoms with van der Waals surface area (Å²) in [5.74, 6) is -0.171. The van der Waals surface area contributed by atoms with E-state index in [9.17, 15) is 18.0 Å². The van der Waals surface area contributed by atoms with Crippen molar-refractivity contribution in [2.45, 2.75) is 64.8 Å². The highest BCUT2D eigenvalue weighted by molar-refractivity contribution is 7.89. The summed E-state index contributed by atoms with van der Waals surface area (Å²) in [6.45, 7) is 5.21. The lowest BCUT2D eigenvalue weighted by Crippen LogP contribution is -2.38. The van der Waals surface area contributed by atoms with E-state index in [2.05, 4.69) is 23.3 Å². The average Bonchev–Trinajstić information content (AvgIpc) is 3.35. The van der Waals surface area contributed by atoms with Crippen LogP contribution in [-0.2, 0) is 21.4 Å². The molecule has 204 valence electrons. The molecule has 1 saturated heterocycles. The van der Waals surface area contributed by atoms with Gasteiger partial charge < -0.3 is 16.0 Å². The summed E-state index contributed by atoms with van der Waals surface area (Å²) in [6, 6.07) is 11.8. The molecule has 0 saturated carbocycles. The van der Waals surface area contributed by atoms with Crippen molar-refractivity contribution in [2.75, 3.05) is 18.8 Å². The van der Waals surface area contributed by atoms with E-state index in [4.69, 9.17) is 5.73 Å². The van der Waals surface area contributed by atoms with Crippen LogP contribution in [0.2, 0.25) is 0 Å². The zero-order valence-electron chi connectivity index (χ0n) is 22.3. The number of fused-ring (bicyclic) bond motifs is 1. The normalized spacial score (nSPS) is 15.1. The number of sulfonamides is 1. The number of nitrogens with zero attached hydrogens (tertiary/aromatic N) is 1. The topological polar surface area (TPSA) is 125 Å². The first kappa shape index (κ1) is 27.9. The Morgan fingerprint density at radius 3 is 2.53 bits per heavy atom. The third-order valence-corrected chi connectivity index (χ3v) is 9.38. The molecule has 0 bridgehead atoms. The van der Waals surface area contributed by atoms with E-state index in [1.54, 1.807) is 11.2 Å². The van der Waals surface area contributed by atoms with Crippen LogP contribution < -0.4 is 11.1 Å². The number of carbonyl (C=O) groups is 2. The van der Waals surface area contributed by atoms with Gasteiger partial charge in [0, 0.05) is 37.6 Å². The standard InChI is InChI=1S/C29H38N4O4S/c1-3-5-6-10-27(34)31-18-20-8-7-9-22(15-20)23-16-24-26(19-32-28(24)25(17-23)29(30)35)21-11-13-33(14-12-21)38(36,37)4-2/h7-9,15-17,19,21,32H,3-6,10-14,18H2,1-2H3,(H2,30,35)(H,31,34). The lowest BCUT2D eigenvalue weighted by Gasteiger charge is -2.31. The second-order valence-corrected chi connectivity index (χ2v) is 12.3. The summed E-state index contributed by atoms with van der Waals surface area (Å²) in [7, 11) is -3.20. The Morgan fingerprint density at radius 2 is 1.84 bits per heavy atom. The third kappa shape index (κ3) is 6.27. The predicted octanol–water partition coefficient (Wildman–Crippen LogP) is 4.66. The number of piperidine rings is 1. The van der Waals surface area contributed by atoms with Crippen LogP contribution in [0.3, 0.4) is 0 Å². The van der Waals surface area contributed by atoms with Gasteiger partial charge in [0.25, 0.3) is 5.91 Å². The minimum absolute atomic E-state index is 0.0519. The number of amides is 2. The van der Waals surface area contributed by atoms with Gasteiger partial charge in [0.05, 0.1) is 16.8 Å². The van der Waals surface area contributed by atoms with Crippen LogP contribution in [0, 0.1) is 0 Å². The molecule has 3 aromatic rings. The van der Waals surface area contributed by atoms with Gasteiger partial charge in [-0.25, -0.2) is 12.7 Å². The summed E-state index contributed by atoms with van der Waals surface area (Å²) in [4.78, 5) is 27.8. The van der Waals surface area contributed by atoms with E-state index in [-0.39, 0.29) is 17.6 Å². The van der Waals surface area contributed by atoms with Crippen LogP contribution in [0.25, 0.3) is 22.0 Å². The van der Waals surface area contributed by atoms with Gasteiger partial charge in [0.1, 0.15) is 0 Å². The van der Waals surface area contributed by atoms with Gasteiger partial charge in [0.2, 0.25) is 15.9 Å². The third-order valence-electron chi connectivity index (χ3n) is 7.50. The highest BCUT2D eigenvalue weighted by atomic mass is 32.2. The van der Waals surface area contributed by atoms with Crippen LogP contribution in [0.4, 0.5) is 0 Å². The fourth-order valence-corrected chi connectivity index (χ4v) is 6.40. The first-order valence-corrected chi connectivity index (χ1v) is 15.1. The van der Waals surface area contributed by atoms with Crippen LogP contribution in [-0.4, -0.2) is 48.4 Å². The molecule has 1 aromatic heterocycles. The Morgan fingerprint density at radius 1 is 1.08 bits per heavy atom. The van der Waals surface area contributed by atoms with Crippen molar-refractivity contribution in [3.8, 4) is 11.1 Å². The second-order valence-electron chi connectivity index (χ2n) is 10.1. The molecule has 2 aromatic carbocycles. The molecule has 0 spiro atoms. The van der Waals surface area contributed by atoms with Crippen molar-refractivity contribution in [1.29, 1.82) is 0 Å². The molecule has 2 heterocycles. The molecule has 4 rings (SSSR count). The number of aromatic nitrogens is 1. The Hall–Kier alpha value is -3.17. The zero-order chi connectivity index (χ0) is 27.3. The van der Waals surface area contributed by atoms with E-state index in [0.717, 1.165) is 59.7 Å². The van der Waals surface area contributed by atoms with Gasteiger partial charge in [-0.1, -0.05) is 38.0 Å². The molecular formula is C29H38N4O4S. The Kier molecular flexibility index (Phi) is 8.89. The fraction of sp³-hybridized carbons (Fsp3) is 0.448. The molecule has 0 aliphatic carbocycles. The molecule has 0 radical (unpaired) electrons. The Bertz CT molecular complexity index is 1410. The smallest absolute Gasteiger partial charge is 0.250 e. The number of unbranched alkanes of at least 4 members (excludes halogenated alkanes) is 2. The monoisotopic (exact) mass is 538 g/mol. The summed E-state index contributed by atoms with van der Waals surface area (Å²) < 4.78 is 26.2. The van der Waals surface area contributed by atoms with E-state index >= 15 is 0 Å². The van der Waals surface area contributed by atoms with Crippen molar-refractivity contribution < 1.29 is 18.0 Å². The number of hydrogen-bond acceptors (Lipinski definition) is 4. The molecule has 8 nitrogen and oxygen atoms in total. The number of hydrogen-bond donors (Lipinski definition) is 3. The minimum Gasteiger partial charge on any atom is -0.366 e. The van der Waals surface area contributed by atoms with Gasteiger partial charge >= 0.3 is 0 Å². The highest BCUT2D eigenvalue weighted by Crippen LogP contribution is 2.37. The number of rotatable bonds is 11. The molecule has 9 heteroatoms. The van der Waals surface area contributed by atoms with Gasteiger partial charge in [-0.3, -0.25) is 9.59 Å². The van der Waals surface area contributed by atoms with E-state index in [0.29, 0.717) is 37.1 Å². The molecular weight excluding hydrogens is 500 g/mol. The van der Waals surface area contributed by atoms with Crippen molar-refractivity contribution in [2.24, 2.45) is 5.73 Å². The van der Waals surface area contributed by atoms with Crippen molar-refractivity contribution >= 4 is 32.7 Å². The Balaban J connectivity index is 1.59. The van der Waals surface area contributed by atoms with Gasteiger partial charge in [-0.05, 0) is 72.6 Å². The van der Waals surface area contributed by atoms with E-state index in [1.807, 2.05) is 36.5 Å². The molecule has 38 heavy (non-hydrogen) atoms. The molecule has 0 atom stereocenters. The molecule has 4 N–H and O–H groups in total. The number of primary amides is 1. The van der Waals surface area contributed by atoms with Crippen LogP contribution >= 0.6 is 0 Å². The minimum atomic E-state index is -3.20. The maximum Gasteiger partial charge on any atom is 0.250 e. The zero-order valence-corrected chi connectivity index (χ0v) is 23.1. The maximum absolute atomic E-state index is 12.4. The van der Waals surface area contributed by atoms with Crippen LogP contribution in [0.15, 0.2) is 42.6 Å². The van der Waals surface area contributed by atoms with Crippen LogP contribution in [0.5, 0.6) is 0 Å². The predicted molar refractivity (Wildman–Crippen MR) is 151 cm³/mol. The fourth-order valence-electron chi connectivity index (χ4n) is 5.26. The summed E-state index contributed by atoms with van der Waals surface area (Å²) in [5, 5.41) is 3.93.